The second-order valence-corrected chi connectivity index (χ2v) is 6.48. The monoisotopic (exact) mass is 422 g/mol. The molecule has 0 spiro atoms. The average molecular weight is 422 g/mol. The topological polar surface area (TPSA) is 146 Å². The highest BCUT2D eigenvalue weighted by molar-refractivity contribution is 6.09. The van der Waals surface area contributed by atoms with Gasteiger partial charge >= 0.3 is 0 Å². The molecule has 2 aromatic rings. The lowest BCUT2D eigenvalue weighted by molar-refractivity contribution is 0.0954. The maximum absolute atomic E-state index is 13.1. The Morgan fingerprint density at radius 3 is 2.71 bits per heavy atom. The van der Waals surface area contributed by atoms with E-state index in [1.54, 1.807) is 43.8 Å². The summed E-state index contributed by atoms with van der Waals surface area (Å²) in [5.74, 6) is -0.884. The normalized spacial score (nSPS) is 15.8. The molecular weight excluding hydrogens is 400 g/mol. The molecule has 0 aliphatic carbocycles. The lowest BCUT2D eigenvalue weighted by Crippen LogP contribution is -2.24. The van der Waals surface area contributed by atoms with Gasteiger partial charge in [-0.15, -0.1) is 0 Å². The second-order valence-electron chi connectivity index (χ2n) is 6.48. The number of carbonyl (C=O) groups is 2. The van der Waals surface area contributed by atoms with Crippen LogP contribution in [0.15, 0.2) is 53.6 Å². The van der Waals surface area contributed by atoms with Crippen LogP contribution in [-0.4, -0.2) is 49.9 Å². The minimum atomic E-state index is -0.928. The maximum atomic E-state index is 13.1. The summed E-state index contributed by atoms with van der Waals surface area (Å²) in [6.45, 7) is 1.52. The van der Waals surface area contributed by atoms with Gasteiger partial charge in [0.2, 0.25) is 0 Å². The molecule has 2 aromatic heterocycles. The summed E-state index contributed by atoms with van der Waals surface area (Å²) < 4.78 is 1.35. The van der Waals surface area contributed by atoms with Gasteiger partial charge in [0.15, 0.2) is 11.5 Å². The number of aliphatic hydroxyl groups excluding tert-OH is 1. The van der Waals surface area contributed by atoms with E-state index in [0.717, 1.165) is 0 Å². The van der Waals surface area contributed by atoms with E-state index in [1.165, 1.54) is 31.0 Å². The third kappa shape index (κ3) is 5.08. The van der Waals surface area contributed by atoms with Gasteiger partial charge in [0.05, 0.1) is 41.8 Å². The molecule has 3 heterocycles. The zero-order valence-corrected chi connectivity index (χ0v) is 17.2. The molecule has 4 N–H and O–H groups in total. The maximum Gasteiger partial charge on any atom is 0.278 e. The van der Waals surface area contributed by atoms with Gasteiger partial charge in [-0.05, 0) is 19.1 Å². The van der Waals surface area contributed by atoms with Gasteiger partial charge in [0, 0.05) is 20.3 Å². The second kappa shape index (κ2) is 9.59. The fraction of sp³-hybridized carbons (Fsp3) is 0.200. The number of hydrogen-bond acceptors (Lipinski definition) is 8. The van der Waals surface area contributed by atoms with Gasteiger partial charge in [-0.25, -0.2) is 9.97 Å². The Morgan fingerprint density at radius 2 is 1.97 bits per heavy atom. The quantitative estimate of drug-likeness (QED) is 0.549. The van der Waals surface area contributed by atoms with Crippen LogP contribution in [0.5, 0.6) is 0 Å². The van der Waals surface area contributed by atoms with Gasteiger partial charge < -0.3 is 21.1 Å². The molecular formula is C20H22N8O3. The molecule has 2 amide bonds. The van der Waals surface area contributed by atoms with Crippen molar-refractivity contribution in [3.8, 4) is 0 Å². The Labute approximate surface area is 178 Å². The van der Waals surface area contributed by atoms with Gasteiger partial charge in [-0.1, -0.05) is 12.2 Å². The Morgan fingerprint density at radius 1 is 1.16 bits per heavy atom. The first kappa shape index (κ1) is 21.6. The number of nitrogens with one attached hydrogen (secondary N) is 3. The molecule has 1 aliphatic heterocycles. The van der Waals surface area contributed by atoms with Crippen LogP contribution >= 0.6 is 0 Å². The van der Waals surface area contributed by atoms with Crippen LogP contribution in [0.25, 0.3) is 0 Å². The number of aromatic nitrogens is 4. The van der Waals surface area contributed by atoms with E-state index in [2.05, 4.69) is 36.0 Å². The van der Waals surface area contributed by atoms with Crippen LogP contribution in [0.1, 0.15) is 39.7 Å². The van der Waals surface area contributed by atoms with Crippen LogP contribution < -0.4 is 16.0 Å². The number of anilines is 2. The summed E-state index contributed by atoms with van der Waals surface area (Å²) in [6.07, 6.45) is 12.1. The Bertz CT molecular complexity index is 1110. The molecule has 0 fully saturated rings. The minimum absolute atomic E-state index is 0.0685. The number of hydrogen-bond donors (Lipinski definition) is 4. The van der Waals surface area contributed by atoms with Crippen molar-refractivity contribution >= 4 is 29.5 Å². The van der Waals surface area contributed by atoms with E-state index >= 15 is 0 Å². The van der Waals surface area contributed by atoms with E-state index in [9.17, 15) is 14.7 Å². The van der Waals surface area contributed by atoms with E-state index in [0.29, 0.717) is 5.70 Å². The molecule has 0 aromatic carbocycles. The number of rotatable bonds is 6. The van der Waals surface area contributed by atoms with Crippen molar-refractivity contribution in [2.24, 2.45) is 12.0 Å². The highest BCUT2D eigenvalue weighted by atomic mass is 16.3. The first-order chi connectivity index (χ1) is 14.9. The SMILES string of the molecule is CNC(=O)c1c(NC(=O)c2nc(C(C)O)cnc2NC2=C/C=C/C=C/N=C2)cnn1C. The molecule has 31 heavy (non-hydrogen) atoms. The number of carbonyl (C=O) groups excluding carboxylic acids is 2. The molecule has 160 valence electrons. The first-order valence-electron chi connectivity index (χ1n) is 9.34. The molecule has 1 unspecified atom stereocenters. The van der Waals surface area contributed by atoms with Crippen molar-refractivity contribution in [1.29, 1.82) is 0 Å². The number of aliphatic hydroxyl groups is 1. The van der Waals surface area contributed by atoms with Crippen LogP contribution in [0.2, 0.25) is 0 Å². The fourth-order valence-electron chi connectivity index (χ4n) is 2.65. The van der Waals surface area contributed by atoms with E-state index in [-0.39, 0.29) is 28.6 Å². The Balaban J connectivity index is 1.96. The summed E-state index contributed by atoms with van der Waals surface area (Å²) in [6, 6.07) is 0. The van der Waals surface area contributed by atoms with Crippen LogP contribution in [0, 0.1) is 0 Å². The number of allylic oxidation sites excluding steroid dienone is 5. The lowest BCUT2D eigenvalue weighted by Gasteiger charge is -2.13. The van der Waals surface area contributed by atoms with Gasteiger partial charge in [-0.3, -0.25) is 19.3 Å². The van der Waals surface area contributed by atoms with Crippen molar-refractivity contribution < 1.29 is 14.7 Å². The third-order valence-corrected chi connectivity index (χ3v) is 4.21. The molecule has 0 radical (unpaired) electrons. The summed E-state index contributed by atoms with van der Waals surface area (Å²) in [5.41, 5.74) is 1.11. The molecule has 1 aliphatic rings. The zero-order chi connectivity index (χ0) is 22.4. The van der Waals surface area contributed by atoms with Gasteiger partial charge in [0.1, 0.15) is 5.69 Å². The molecule has 0 saturated heterocycles. The molecule has 11 heteroatoms. The first-order valence-corrected chi connectivity index (χ1v) is 9.34. The number of amides is 2. The van der Waals surface area contributed by atoms with Gasteiger partial charge in [-0.2, -0.15) is 5.10 Å². The van der Waals surface area contributed by atoms with Crippen molar-refractivity contribution in [3.63, 3.8) is 0 Å². The van der Waals surface area contributed by atoms with Gasteiger partial charge in [0.25, 0.3) is 11.8 Å². The average Bonchev–Trinajstić information content (AvgIpc) is 3.09. The molecule has 1 atom stereocenters. The number of aliphatic imine (C=N–C) groups is 1. The third-order valence-electron chi connectivity index (χ3n) is 4.21. The smallest absolute Gasteiger partial charge is 0.278 e. The van der Waals surface area contributed by atoms with Crippen LogP contribution in [0.4, 0.5) is 11.5 Å². The van der Waals surface area contributed by atoms with Crippen molar-refractivity contribution in [2.45, 2.75) is 13.0 Å². The number of nitrogens with zero attached hydrogens (tertiary/aromatic N) is 5. The zero-order valence-electron chi connectivity index (χ0n) is 17.2. The number of aryl methyl sites for hydroxylation is 1. The van der Waals surface area contributed by atoms with Crippen molar-refractivity contribution in [3.05, 3.63) is 65.7 Å². The molecule has 0 bridgehead atoms. The lowest BCUT2D eigenvalue weighted by atomic mass is 10.2. The van der Waals surface area contributed by atoms with Crippen molar-refractivity contribution in [2.75, 3.05) is 17.7 Å². The fourth-order valence-corrected chi connectivity index (χ4v) is 2.65. The van der Waals surface area contributed by atoms with Crippen LogP contribution in [-0.2, 0) is 7.05 Å². The Hall–Kier alpha value is -4.12. The predicted molar refractivity (Wildman–Crippen MR) is 116 cm³/mol. The molecule has 0 saturated carbocycles. The summed E-state index contributed by atoms with van der Waals surface area (Å²) in [4.78, 5) is 37.8. The predicted octanol–water partition coefficient (Wildman–Crippen LogP) is 1.33. The summed E-state index contributed by atoms with van der Waals surface area (Å²) in [5, 5.41) is 22.1. The summed E-state index contributed by atoms with van der Waals surface area (Å²) in [7, 11) is 3.07. The van der Waals surface area contributed by atoms with Crippen molar-refractivity contribution in [1.82, 2.24) is 25.1 Å². The molecule has 11 nitrogen and oxygen atoms in total. The highest BCUT2D eigenvalue weighted by Crippen LogP contribution is 2.20. The molecule has 3 rings (SSSR count). The summed E-state index contributed by atoms with van der Waals surface area (Å²) >= 11 is 0. The highest BCUT2D eigenvalue weighted by Gasteiger charge is 2.22. The van der Waals surface area contributed by atoms with E-state index in [4.69, 9.17) is 0 Å². The standard InChI is InChI=1S/C20H22N8O3/c1-12(29)14-10-23-18(25-13-7-5-4-6-8-22-9-13)16(26-14)19(30)27-15-11-24-28(3)17(15)20(31)21-2/h4-12,29H,1-3H3,(H,21,31)(H,23,25)(H,27,30)/b5-4+,6-4?,7-5?,8-6+,13-7?,13-9?,22-8?,22-9?. The largest absolute Gasteiger partial charge is 0.387 e. The minimum Gasteiger partial charge on any atom is -0.387 e. The van der Waals surface area contributed by atoms with E-state index in [1.807, 2.05) is 0 Å². The Kier molecular flexibility index (Phi) is 6.67. The van der Waals surface area contributed by atoms with E-state index < -0.39 is 17.9 Å². The van der Waals surface area contributed by atoms with Crippen LogP contribution in [0.3, 0.4) is 0 Å².